The van der Waals surface area contributed by atoms with Crippen LogP contribution in [-0.2, 0) is 6.42 Å². The lowest BCUT2D eigenvalue weighted by Gasteiger charge is -2.22. The van der Waals surface area contributed by atoms with Crippen LogP contribution in [0.5, 0.6) is 0 Å². The van der Waals surface area contributed by atoms with Crippen molar-refractivity contribution in [1.29, 1.82) is 0 Å². The molecule has 2 N–H and O–H groups in total. The second-order valence-corrected chi connectivity index (χ2v) is 8.19. The third-order valence-electron chi connectivity index (χ3n) is 5.26. The fraction of sp³-hybridized carbons (Fsp3) is 0.565. The van der Waals surface area contributed by atoms with Crippen molar-refractivity contribution < 1.29 is 4.79 Å². The van der Waals surface area contributed by atoms with Crippen LogP contribution in [-0.4, -0.2) is 22.5 Å². The normalized spacial score (nSPS) is 11.3. The summed E-state index contributed by atoms with van der Waals surface area (Å²) in [6, 6.07) is 6.26. The molecule has 0 saturated heterocycles. The first kappa shape index (κ1) is 23.3. The molecule has 1 amide bonds. The van der Waals surface area contributed by atoms with Crippen molar-refractivity contribution in [1.82, 2.24) is 14.9 Å². The Morgan fingerprint density at radius 1 is 1.17 bits per heavy atom. The summed E-state index contributed by atoms with van der Waals surface area (Å²) in [7, 11) is 1.66. The molecule has 160 valence electrons. The number of halogens is 1. The van der Waals surface area contributed by atoms with Gasteiger partial charge in [-0.1, -0.05) is 65.1 Å². The number of carbonyl (C=O) groups is 1. The summed E-state index contributed by atoms with van der Waals surface area (Å²) < 4.78 is 2.14. The van der Waals surface area contributed by atoms with E-state index in [-0.39, 0.29) is 11.9 Å². The van der Waals surface area contributed by atoms with Crippen molar-refractivity contribution in [2.24, 2.45) is 0 Å². The first-order valence-electron chi connectivity index (χ1n) is 10.8. The third kappa shape index (κ3) is 5.33. The fourth-order valence-electron chi connectivity index (χ4n) is 3.73. The predicted molar refractivity (Wildman–Crippen MR) is 123 cm³/mol. The highest BCUT2D eigenvalue weighted by molar-refractivity contribution is 6.33. The number of amides is 1. The molecule has 0 atom stereocenters. The van der Waals surface area contributed by atoms with Gasteiger partial charge in [0.15, 0.2) is 11.5 Å². The maximum Gasteiger partial charge on any atom is 0.271 e. The van der Waals surface area contributed by atoms with Crippen molar-refractivity contribution in [3.63, 3.8) is 0 Å². The molecule has 0 saturated carbocycles. The van der Waals surface area contributed by atoms with Crippen LogP contribution >= 0.6 is 11.6 Å². The minimum absolute atomic E-state index is 0.133. The molecule has 0 aliphatic carbocycles. The summed E-state index contributed by atoms with van der Waals surface area (Å²) in [6.07, 6.45) is 4.92. The summed E-state index contributed by atoms with van der Waals surface area (Å²) >= 11 is 6.53. The number of anilines is 2. The molecule has 1 aromatic heterocycles. The lowest BCUT2D eigenvalue weighted by atomic mass is 10.0. The van der Waals surface area contributed by atoms with E-state index in [1.807, 2.05) is 12.1 Å². The average Bonchev–Trinajstić information content (AvgIpc) is 3.06. The Bertz CT molecular complexity index is 823. The van der Waals surface area contributed by atoms with E-state index in [0.29, 0.717) is 22.5 Å². The number of rotatable bonds is 10. The monoisotopic (exact) mass is 418 g/mol. The molecule has 0 unspecified atom stereocenters. The van der Waals surface area contributed by atoms with E-state index in [0.717, 1.165) is 43.6 Å². The first-order valence-corrected chi connectivity index (χ1v) is 11.1. The summed E-state index contributed by atoms with van der Waals surface area (Å²) in [5.74, 6) is 1.76. The van der Waals surface area contributed by atoms with Crippen LogP contribution in [0, 0.1) is 0 Å². The summed E-state index contributed by atoms with van der Waals surface area (Å²) in [6.45, 7) is 10.7. The molecule has 2 rings (SSSR count). The maximum absolute atomic E-state index is 12.9. The van der Waals surface area contributed by atoms with Crippen molar-refractivity contribution in [3.8, 4) is 0 Å². The Morgan fingerprint density at radius 3 is 2.31 bits per heavy atom. The zero-order valence-corrected chi connectivity index (χ0v) is 19.4. The highest BCUT2D eigenvalue weighted by Crippen LogP contribution is 2.33. The Balaban J connectivity index is 2.55. The van der Waals surface area contributed by atoms with Crippen LogP contribution < -0.4 is 10.6 Å². The molecule has 2 aromatic rings. The third-order valence-corrected chi connectivity index (χ3v) is 5.58. The molecule has 0 fully saturated rings. The first-order chi connectivity index (χ1) is 13.9. The Hall–Kier alpha value is -2.01. The molecule has 0 radical (unpaired) electrons. The van der Waals surface area contributed by atoms with Gasteiger partial charge in [0.1, 0.15) is 5.82 Å². The smallest absolute Gasteiger partial charge is 0.271 e. The minimum Gasteiger partial charge on any atom is -0.354 e. The van der Waals surface area contributed by atoms with Crippen LogP contribution in [0.3, 0.4) is 0 Å². The van der Waals surface area contributed by atoms with Gasteiger partial charge >= 0.3 is 0 Å². The van der Waals surface area contributed by atoms with Gasteiger partial charge in [-0.25, -0.2) is 4.98 Å². The summed E-state index contributed by atoms with van der Waals surface area (Å²) in [4.78, 5) is 17.7. The predicted octanol–water partition coefficient (Wildman–Crippen LogP) is 6.47. The SMILES string of the molecule is CCCC(CCC)n1c(CC)nc(Nc2ccc(C(C)C)cc2Cl)c1C(=O)NC. The number of hydrogen-bond acceptors (Lipinski definition) is 3. The number of hydrogen-bond donors (Lipinski definition) is 2. The molecule has 5 nitrogen and oxygen atoms in total. The van der Waals surface area contributed by atoms with Crippen molar-refractivity contribution in [2.75, 3.05) is 12.4 Å². The number of aryl methyl sites for hydroxylation is 1. The zero-order chi connectivity index (χ0) is 21.6. The molecule has 29 heavy (non-hydrogen) atoms. The molecular weight excluding hydrogens is 384 g/mol. The van der Waals surface area contributed by atoms with Gasteiger partial charge in [-0.3, -0.25) is 4.79 Å². The number of imidazole rings is 1. The molecule has 1 aromatic carbocycles. The van der Waals surface area contributed by atoms with Crippen LogP contribution in [0.2, 0.25) is 5.02 Å². The minimum atomic E-state index is -0.133. The van der Waals surface area contributed by atoms with E-state index in [1.54, 1.807) is 7.05 Å². The molecule has 0 bridgehead atoms. The fourth-order valence-corrected chi connectivity index (χ4v) is 3.97. The van der Waals surface area contributed by atoms with Crippen LogP contribution in [0.25, 0.3) is 0 Å². The van der Waals surface area contributed by atoms with E-state index >= 15 is 0 Å². The topological polar surface area (TPSA) is 59.0 Å². The molecule has 0 spiro atoms. The highest BCUT2D eigenvalue weighted by Gasteiger charge is 2.26. The van der Waals surface area contributed by atoms with Gasteiger partial charge in [-0.15, -0.1) is 0 Å². The van der Waals surface area contributed by atoms with E-state index in [4.69, 9.17) is 16.6 Å². The summed E-state index contributed by atoms with van der Waals surface area (Å²) in [5, 5.41) is 6.75. The van der Waals surface area contributed by atoms with Gasteiger partial charge in [-0.05, 0) is 36.5 Å². The number of carbonyl (C=O) groups excluding carboxylic acids is 1. The highest BCUT2D eigenvalue weighted by atomic mass is 35.5. The van der Waals surface area contributed by atoms with Gasteiger partial charge in [0.05, 0.1) is 10.7 Å². The largest absolute Gasteiger partial charge is 0.354 e. The number of aromatic nitrogens is 2. The average molecular weight is 419 g/mol. The number of nitrogens with one attached hydrogen (secondary N) is 2. The van der Waals surface area contributed by atoms with E-state index in [9.17, 15) is 4.79 Å². The Morgan fingerprint density at radius 2 is 1.83 bits per heavy atom. The maximum atomic E-state index is 12.9. The molecule has 1 heterocycles. The van der Waals surface area contributed by atoms with E-state index in [1.165, 1.54) is 5.56 Å². The van der Waals surface area contributed by atoms with Crippen LogP contribution in [0.15, 0.2) is 18.2 Å². The lowest BCUT2D eigenvalue weighted by Crippen LogP contribution is -2.25. The second kappa shape index (κ2) is 10.7. The quantitative estimate of drug-likeness (QED) is 0.465. The molecule has 0 aliphatic rings. The second-order valence-electron chi connectivity index (χ2n) is 7.78. The van der Waals surface area contributed by atoms with Crippen molar-refractivity contribution >= 4 is 29.0 Å². The Kier molecular flexibility index (Phi) is 8.57. The van der Waals surface area contributed by atoms with Crippen LogP contribution in [0.1, 0.15) is 94.1 Å². The molecule has 0 aliphatic heterocycles. The van der Waals surface area contributed by atoms with Gasteiger partial charge in [0.2, 0.25) is 0 Å². The molecule has 6 heteroatoms. The van der Waals surface area contributed by atoms with Gasteiger partial charge in [0, 0.05) is 19.5 Å². The zero-order valence-electron chi connectivity index (χ0n) is 18.6. The van der Waals surface area contributed by atoms with Crippen molar-refractivity contribution in [3.05, 3.63) is 40.3 Å². The van der Waals surface area contributed by atoms with Gasteiger partial charge < -0.3 is 15.2 Å². The van der Waals surface area contributed by atoms with Gasteiger partial charge in [-0.2, -0.15) is 0 Å². The Labute approximate surface area is 180 Å². The summed E-state index contributed by atoms with van der Waals surface area (Å²) in [5.41, 5.74) is 2.52. The standard InChI is InChI=1S/C23H35ClN4O/c1-7-10-17(11-8-2)28-20(9-3)27-22(21(28)23(29)25-6)26-19-13-12-16(15(4)5)14-18(19)24/h12-15,17,26H,7-11H2,1-6H3,(H,25,29). The van der Waals surface area contributed by atoms with E-state index in [2.05, 4.69) is 55.9 Å². The van der Waals surface area contributed by atoms with Crippen molar-refractivity contribution in [2.45, 2.75) is 78.7 Å². The number of benzene rings is 1. The van der Waals surface area contributed by atoms with Crippen LogP contribution in [0.4, 0.5) is 11.5 Å². The lowest BCUT2D eigenvalue weighted by molar-refractivity contribution is 0.0951. The molecular formula is C23H35ClN4O. The van der Waals surface area contributed by atoms with E-state index < -0.39 is 0 Å². The van der Waals surface area contributed by atoms with Gasteiger partial charge in [0.25, 0.3) is 5.91 Å². The number of nitrogens with zero attached hydrogens (tertiary/aromatic N) is 2.